The van der Waals surface area contributed by atoms with Crippen molar-refractivity contribution in [3.8, 4) is 0 Å². The molecule has 0 spiro atoms. The lowest BCUT2D eigenvalue weighted by molar-refractivity contribution is 0.499. The Morgan fingerprint density at radius 2 is 1.88 bits per heavy atom. The van der Waals surface area contributed by atoms with Gasteiger partial charge in [-0.25, -0.2) is 4.79 Å². The molecule has 0 atom stereocenters. The van der Waals surface area contributed by atoms with Crippen molar-refractivity contribution in [3.05, 3.63) is 64.9 Å². The van der Waals surface area contributed by atoms with Crippen LogP contribution >= 0.6 is 0 Å². The maximum absolute atomic E-state index is 11.8. The van der Waals surface area contributed by atoms with E-state index in [1.807, 2.05) is 37.5 Å². The van der Waals surface area contributed by atoms with Crippen molar-refractivity contribution in [3.63, 3.8) is 0 Å². The van der Waals surface area contributed by atoms with Crippen LogP contribution < -0.4 is 5.76 Å². The van der Waals surface area contributed by atoms with Crippen molar-refractivity contribution in [2.75, 3.05) is 7.05 Å². The van der Waals surface area contributed by atoms with Crippen LogP contribution in [0.4, 0.5) is 0 Å². The largest absolute Gasteiger partial charge is 0.439 e. The molecule has 0 aliphatic heterocycles. The molecule has 2 heterocycles. The van der Waals surface area contributed by atoms with E-state index < -0.39 is 5.76 Å². The van der Waals surface area contributed by atoms with Gasteiger partial charge in [-0.1, -0.05) is 71.4 Å². The Bertz CT molecular complexity index is 1130. The van der Waals surface area contributed by atoms with Gasteiger partial charge in [-0.2, -0.15) is 4.98 Å². The topological polar surface area (TPSA) is 60.4 Å². The van der Waals surface area contributed by atoms with Crippen molar-refractivity contribution < 1.29 is 4.42 Å². The first kappa shape index (κ1) is 27.1. The molecule has 0 amide bonds. The highest BCUT2D eigenvalue weighted by molar-refractivity contribution is 6.03. The van der Waals surface area contributed by atoms with Gasteiger partial charge in [0.25, 0.3) is 0 Å². The SMILES string of the molecule is C=CC(C)=CCC=NC.CCC.CCn1ccc2ccc3c(C(C)(C)C)nc(=O)oc3c21. The lowest BCUT2D eigenvalue weighted by atomic mass is 9.89. The molecule has 0 aliphatic carbocycles. The summed E-state index contributed by atoms with van der Waals surface area (Å²) >= 11 is 0. The van der Waals surface area contributed by atoms with Crippen LogP contribution in [0.3, 0.4) is 0 Å². The fraction of sp³-hybridized carbons (Fsp3) is 0.444. The number of allylic oxidation sites excluding steroid dienone is 3. The molecule has 32 heavy (non-hydrogen) atoms. The molecule has 3 rings (SSSR count). The van der Waals surface area contributed by atoms with E-state index in [0.29, 0.717) is 5.58 Å². The predicted molar refractivity (Wildman–Crippen MR) is 139 cm³/mol. The monoisotopic (exact) mass is 437 g/mol. The summed E-state index contributed by atoms with van der Waals surface area (Å²) in [7, 11) is 1.77. The standard InChI is InChI=1S/C16H18N2O2.C8H13N.C3H8/c1-5-18-9-8-10-6-7-11-13(12(10)18)20-15(19)17-14(11)16(2,3)4;1-4-8(2)6-5-7-9-3;1-3-2/h6-9H,5H2,1-4H3;4,6-7H,1,5H2,2-3H3;3H2,1-2H3. The first-order chi connectivity index (χ1) is 15.1. The zero-order chi connectivity index (χ0) is 24.3. The van der Waals surface area contributed by atoms with Crippen LogP contribution in [0.25, 0.3) is 21.9 Å². The van der Waals surface area contributed by atoms with Crippen molar-refractivity contribution in [1.82, 2.24) is 9.55 Å². The summed E-state index contributed by atoms with van der Waals surface area (Å²) in [5, 5.41) is 1.99. The lowest BCUT2D eigenvalue weighted by Crippen LogP contribution is -2.19. The highest BCUT2D eigenvalue weighted by Gasteiger charge is 2.22. The normalized spacial score (nSPS) is 11.8. The third kappa shape index (κ3) is 7.33. The average molecular weight is 438 g/mol. The number of hydrogen-bond donors (Lipinski definition) is 0. The maximum Gasteiger partial charge on any atom is 0.439 e. The molecule has 0 saturated carbocycles. The molecule has 5 heteroatoms. The molecule has 174 valence electrons. The molecule has 0 unspecified atom stereocenters. The zero-order valence-corrected chi connectivity index (χ0v) is 21.0. The van der Waals surface area contributed by atoms with Crippen molar-refractivity contribution in [2.24, 2.45) is 4.99 Å². The first-order valence-corrected chi connectivity index (χ1v) is 11.3. The van der Waals surface area contributed by atoms with Crippen molar-refractivity contribution in [2.45, 2.75) is 73.3 Å². The van der Waals surface area contributed by atoms with Crippen molar-refractivity contribution in [1.29, 1.82) is 0 Å². The molecule has 0 bridgehead atoms. The van der Waals surface area contributed by atoms with E-state index in [9.17, 15) is 4.79 Å². The second kappa shape index (κ2) is 12.8. The fourth-order valence-electron chi connectivity index (χ4n) is 3.08. The maximum atomic E-state index is 11.8. The lowest BCUT2D eigenvalue weighted by Gasteiger charge is -2.19. The van der Waals surface area contributed by atoms with Crippen LogP contribution in [0.15, 0.2) is 62.9 Å². The van der Waals surface area contributed by atoms with Crippen LogP contribution in [0, 0.1) is 0 Å². The molecule has 1 aromatic carbocycles. The van der Waals surface area contributed by atoms with E-state index in [-0.39, 0.29) is 5.41 Å². The minimum atomic E-state index is -0.529. The molecular formula is C27H39N3O2. The summed E-state index contributed by atoms with van der Waals surface area (Å²) in [5.41, 5.74) is 3.39. The number of aromatic nitrogens is 2. The van der Waals surface area contributed by atoms with Gasteiger partial charge in [-0.15, -0.1) is 0 Å². The molecule has 0 aliphatic rings. The van der Waals surface area contributed by atoms with Gasteiger partial charge >= 0.3 is 5.76 Å². The second-order valence-electron chi connectivity index (χ2n) is 8.60. The van der Waals surface area contributed by atoms with E-state index in [4.69, 9.17) is 4.42 Å². The Morgan fingerprint density at radius 1 is 1.22 bits per heavy atom. The number of aryl methyl sites for hydroxylation is 1. The number of fused-ring (bicyclic) bond motifs is 3. The Balaban J connectivity index is 0.000000360. The molecule has 2 aromatic heterocycles. The predicted octanol–water partition coefficient (Wildman–Crippen LogP) is 7.09. The zero-order valence-electron chi connectivity index (χ0n) is 21.0. The van der Waals surface area contributed by atoms with Crippen LogP contribution in [0.1, 0.15) is 67.0 Å². The summed E-state index contributed by atoms with van der Waals surface area (Å²) in [6, 6.07) is 6.09. The van der Waals surface area contributed by atoms with Gasteiger partial charge in [0.05, 0.1) is 11.2 Å². The highest BCUT2D eigenvalue weighted by atomic mass is 16.4. The molecule has 0 radical (unpaired) electrons. The average Bonchev–Trinajstić information content (AvgIpc) is 3.17. The third-order valence-corrected chi connectivity index (χ3v) is 4.63. The number of aliphatic imine (C=N–C) groups is 1. The van der Waals surface area contributed by atoms with Gasteiger partial charge in [0.1, 0.15) is 0 Å². The molecule has 0 fully saturated rings. The highest BCUT2D eigenvalue weighted by Crippen LogP contribution is 2.31. The molecule has 0 N–H and O–H groups in total. The number of rotatable bonds is 4. The number of nitrogens with zero attached hydrogens (tertiary/aromatic N) is 3. The van der Waals surface area contributed by atoms with Crippen LogP contribution in [0.5, 0.6) is 0 Å². The summed E-state index contributed by atoms with van der Waals surface area (Å²) < 4.78 is 7.51. The van der Waals surface area contributed by atoms with Gasteiger partial charge in [-0.05, 0) is 26.0 Å². The van der Waals surface area contributed by atoms with Crippen LogP contribution in [-0.2, 0) is 12.0 Å². The van der Waals surface area contributed by atoms with Gasteiger partial charge < -0.3 is 14.0 Å². The third-order valence-electron chi connectivity index (χ3n) is 4.63. The molecule has 3 aromatic rings. The smallest absolute Gasteiger partial charge is 0.406 e. The quantitative estimate of drug-likeness (QED) is 0.323. The Hall–Kier alpha value is -2.95. The Kier molecular flexibility index (Phi) is 10.8. The van der Waals surface area contributed by atoms with E-state index in [1.165, 1.54) is 12.0 Å². The first-order valence-electron chi connectivity index (χ1n) is 11.3. The van der Waals surface area contributed by atoms with Gasteiger partial charge in [0.2, 0.25) is 0 Å². The van der Waals surface area contributed by atoms with E-state index in [1.54, 1.807) is 7.05 Å². The number of benzene rings is 1. The summed E-state index contributed by atoms with van der Waals surface area (Å²) in [6.07, 6.45) is 9.96. The molecule has 5 nitrogen and oxygen atoms in total. The Labute approximate surface area is 192 Å². The van der Waals surface area contributed by atoms with Crippen molar-refractivity contribution >= 4 is 28.1 Å². The van der Waals surface area contributed by atoms with Gasteiger partial charge in [0, 0.05) is 48.6 Å². The van der Waals surface area contributed by atoms with Crippen LogP contribution in [-0.4, -0.2) is 22.8 Å². The molecular weight excluding hydrogens is 398 g/mol. The van der Waals surface area contributed by atoms with Crippen LogP contribution in [0.2, 0.25) is 0 Å². The van der Waals surface area contributed by atoms with E-state index in [0.717, 1.165) is 34.9 Å². The second-order valence-corrected chi connectivity index (χ2v) is 8.60. The van der Waals surface area contributed by atoms with Gasteiger partial charge in [-0.3, -0.25) is 0 Å². The number of hydrogen-bond acceptors (Lipinski definition) is 4. The van der Waals surface area contributed by atoms with Gasteiger partial charge in [0.15, 0.2) is 5.58 Å². The van der Waals surface area contributed by atoms with E-state index >= 15 is 0 Å². The molecule has 0 saturated heterocycles. The summed E-state index contributed by atoms with van der Waals surface area (Å²) in [6.45, 7) is 19.0. The van der Waals surface area contributed by atoms with E-state index in [2.05, 4.69) is 74.8 Å². The fourth-order valence-corrected chi connectivity index (χ4v) is 3.08. The minimum Gasteiger partial charge on any atom is -0.406 e. The summed E-state index contributed by atoms with van der Waals surface area (Å²) in [5.74, 6) is -0.529. The minimum absolute atomic E-state index is 0.203. The summed E-state index contributed by atoms with van der Waals surface area (Å²) in [4.78, 5) is 19.8. The Morgan fingerprint density at radius 3 is 2.41 bits per heavy atom.